The Morgan fingerprint density at radius 1 is 1.04 bits per heavy atom. The van der Waals surface area contributed by atoms with Gasteiger partial charge >= 0.3 is 0 Å². The van der Waals surface area contributed by atoms with Gasteiger partial charge in [0, 0.05) is 17.4 Å². The number of aromatic nitrogens is 3. The molecule has 8 heteroatoms. The first-order chi connectivity index (χ1) is 11.5. The van der Waals surface area contributed by atoms with E-state index in [1.165, 1.54) is 0 Å². The normalized spacial score (nSPS) is 12.9. The summed E-state index contributed by atoms with van der Waals surface area (Å²) in [6.07, 6.45) is 0. The molecular weight excluding hydrogens is 326 g/mol. The number of nitrogens with zero attached hydrogens (tertiary/aromatic N) is 2. The van der Waals surface area contributed by atoms with Crippen molar-refractivity contribution in [2.75, 3.05) is 15.8 Å². The third-order valence-corrected chi connectivity index (χ3v) is 5.07. The molecule has 0 amide bonds. The Hall–Kier alpha value is -2.61. The van der Waals surface area contributed by atoms with Crippen LogP contribution in [0, 0.1) is 0 Å². The van der Waals surface area contributed by atoms with Crippen LogP contribution in [0.1, 0.15) is 25.5 Å². The SMILES string of the molecule is CCS(=O)(=O)Nc1ccc([C@H](C)Nc2ccc3n[nH]nc3c2)cc1. The zero-order valence-corrected chi connectivity index (χ0v) is 14.3. The van der Waals surface area contributed by atoms with Crippen LogP contribution in [0.2, 0.25) is 0 Å². The molecule has 0 bridgehead atoms. The van der Waals surface area contributed by atoms with E-state index in [1.54, 1.807) is 19.1 Å². The van der Waals surface area contributed by atoms with Gasteiger partial charge in [-0.1, -0.05) is 12.1 Å². The molecule has 0 saturated heterocycles. The molecule has 0 aliphatic heterocycles. The minimum atomic E-state index is -3.25. The number of hydrogen-bond acceptors (Lipinski definition) is 5. The molecule has 0 aliphatic carbocycles. The largest absolute Gasteiger partial charge is 0.378 e. The van der Waals surface area contributed by atoms with Crippen molar-refractivity contribution in [3.8, 4) is 0 Å². The number of nitrogens with one attached hydrogen (secondary N) is 3. The molecule has 1 heterocycles. The van der Waals surface area contributed by atoms with E-state index in [0.29, 0.717) is 5.69 Å². The van der Waals surface area contributed by atoms with Gasteiger partial charge in [0.25, 0.3) is 0 Å². The van der Waals surface area contributed by atoms with Crippen LogP contribution in [0.4, 0.5) is 11.4 Å². The first kappa shape index (κ1) is 16.3. The predicted octanol–water partition coefficient (Wildman–Crippen LogP) is 2.89. The third-order valence-electron chi connectivity index (χ3n) is 3.76. The lowest BCUT2D eigenvalue weighted by Gasteiger charge is -2.16. The first-order valence-corrected chi connectivity index (χ1v) is 9.29. The Morgan fingerprint density at radius 2 is 1.71 bits per heavy atom. The van der Waals surface area contributed by atoms with Crippen molar-refractivity contribution >= 4 is 32.4 Å². The Morgan fingerprint density at radius 3 is 2.42 bits per heavy atom. The van der Waals surface area contributed by atoms with Crippen molar-refractivity contribution in [2.45, 2.75) is 19.9 Å². The number of fused-ring (bicyclic) bond motifs is 1. The highest BCUT2D eigenvalue weighted by molar-refractivity contribution is 7.92. The number of rotatable bonds is 6. The van der Waals surface area contributed by atoms with Gasteiger partial charge < -0.3 is 5.32 Å². The minimum absolute atomic E-state index is 0.0528. The van der Waals surface area contributed by atoms with Crippen LogP contribution in [-0.2, 0) is 10.0 Å². The Kier molecular flexibility index (Phi) is 4.39. The van der Waals surface area contributed by atoms with E-state index in [9.17, 15) is 8.42 Å². The van der Waals surface area contributed by atoms with Crippen LogP contribution >= 0.6 is 0 Å². The van der Waals surface area contributed by atoms with Gasteiger partial charge in [-0.2, -0.15) is 15.4 Å². The average molecular weight is 345 g/mol. The molecule has 2 aromatic carbocycles. The van der Waals surface area contributed by atoms with E-state index in [4.69, 9.17) is 0 Å². The highest BCUT2D eigenvalue weighted by Gasteiger charge is 2.09. The highest BCUT2D eigenvalue weighted by atomic mass is 32.2. The molecule has 0 saturated carbocycles. The van der Waals surface area contributed by atoms with E-state index in [-0.39, 0.29) is 11.8 Å². The Bertz CT molecular complexity index is 935. The number of benzene rings is 2. The topological polar surface area (TPSA) is 99.8 Å². The molecular formula is C16H19N5O2S. The number of hydrogen-bond donors (Lipinski definition) is 3. The molecule has 126 valence electrons. The van der Waals surface area contributed by atoms with Crippen molar-refractivity contribution in [1.29, 1.82) is 0 Å². The maximum atomic E-state index is 11.6. The molecule has 0 unspecified atom stereocenters. The van der Waals surface area contributed by atoms with Gasteiger partial charge in [0.05, 0.1) is 5.75 Å². The summed E-state index contributed by atoms with van der Waals surface area (Å²) in [5.41, 5.74) is 4.18. The fraction of sp³-hybridized carbons (Fsp3) is 0.250. The van der Waals surface area contributed by atoms with E-state index in [0.717, 1.165) is 22.3 Å². The van der Waals surface area contributed by atoms with Crippen LogP contribution in [0.15, 0.2) is 42.5 Å². The van der Waals surface area contributed by atoms with Gasteiger partial charge in [-0.15, -0.1) is 0 Å². The summed E-state index contributed by atoms with van der Waals surface area (Å²) >= 11 is 0. The molecule has 3 aromatic rings. The predicted molar refractivity (Wildman–Crippen MR) is 95.5 cm³/mol. The van der Waals surface area contributed by atoms with Crippen LogP contribution in [-0.4, -0.2) is 29.6 Å². The van der Waals surface area contributed by atoms with Crippen LogP contribution < -0.4 is 10.0 Å². The van der Waals surface area contributed by atoms with Gasteiger partial charge in [0.15, 0.2) is 0 Å². The first-order valence-electron chi connectivity index (χ1n) is 7.64. The molecule has 0 fully saturated rings. The van der Waals surface area contributed by atoms with E-state index >= 15 is 0 Å². The summed E-state index contributed by atoms with van der Waals surface area (Å²) < 4.78 is 25.7. The van der Waals surface area contributed by atoms with E-state index < -0.39 is 10.0 Å². The van der Waals surface area contributed by atoms with Crippen LogP contribution in [0.25, 0.3) is 11.0 Å². The fourth-order valence-electron chi connectivity index (χ4n) is 2.35. The lowest BCUT2D eigenvalue weighted by Crippen LogP contribution is -2.14. The number of aromatic amines is 1. The van der Waals surface area contributed by atoms with Crippen molar-refractivity contribution in [3.05, 3.63) is 48.0 Å². The van der Waals surface area contributed by atoms with Crippen LogP contribution in [0.3, 0.4) is 0 Å². The van der Waals surface area contributed by atoms with Gasteiger partial charge in [0.2, 0.25) is 10.0 Å². The molecule has 0 aliphatic rings. The molecule has 0 radical (unpaired) electrons. The maximum Gasteiger partial charge on any atom is 0.232 e. The number of anilines is 2. The molecule has 3 rings (SSSR count). The second-order valence-electron chi connectivity index (χ2n) is 5.52. The standard InChI is InChI=1S/C16H19N5O2S/c1-3-24(22,23)20-13-6-4-12(5-7-13)11(2)17-14-8-9-15-16(10-14)19-21-18-15/h4-11,17,20H,3H2,1-2H3,(H,18,19,21)/t11-/m0/s1. The number of sulfonamides is 1. The highest BCUT2D eigenvalue weighted by Crippen LogP contribution is 2.23. The fourth-order valence-corrected chi connectivity index (χ4v) is 2.99. The minimum Gasteiger partial charge on any atom is -0.378 e. The van der Waals surface area contributed by atoms with E-state index in [1.807, 2.05) is 37.3 Å². The van der Waals surface area contributed by atoms with Gasteiger partial charge in [-0.05, 0) is 49.7 Å². The van der Waals surface area contributed by atoms with Crippen molar-refractivity contribution in [3.63, 3.8) is 0 Å². The summed E-state index contributed by atoms with van der Waals surface area (Å²) in [6.45, 7) is 3.65. The smallest absolute Gasteiger partial charge is 0.232 e. The van der Waals surface area contributed by atoms with E-state index in [2.05, 4.69) is 25.4 Å². The monoisotopic (exact) mass is 345 g/mol. The quantitative estimate of drug-likeness (QED) is 0.638. The summed E-state index contributed by atoms with van der Waals surface area (Å²) in [4.78, 5) is 0. The lowest BCUT2D eigenvalue weighted by atomic mass is 10.1. The van der Waals surface area contributed by atoms with Gasteiger partial charge in [-0.25, -0.2) is 8.42 Å². The average Bonchev–Trinajstić information content (AvgIpc) is 3.03. The summed E-state index contributed by atoms with van der Waals surface area (Å²) in [6, 6.07) is 13.2. The van der Waals surface area contributed by atoms with Crippen molar-refractivity contribution in [2.24, 2.45) is 0 Å². The Labute approximate surface area is 140 Å². The lowest BCUT2D eigenvalue weighted by molar-refractivity contribution is 0.602. The molecule has 24 heavy (non-hydrogen) atoms. The molecule has 1 aromatic heterocycles. The van der Waals surface area contributed by atoms with Crippen molar-refractivity contribution < 1.29 is 8.42 Å². The van der Waals surface area contributed by atoms with Crippen molar-refractivity contribution in [1.82, 2.24) is 15.4 Å². The van der Waals surface area contributed by atoms with Gasteiger partial charge in [0.1, 0.15) is 11.0 Å². The zero-order chi connectivity index (χ0) is 17.2. The van der Waals surface area contributed by atoms with Crippen LogP contribution in [0.5, 0.6) is 0 Å². The molecule has 3 N–H and O–H groups in total. The second-order valence-corrected chi connectivity index (χ2v) is 7.53. The summed E-state index contributed by atoms with van der Waals surface area (Å²) in [5, 5.41) is 14.1. The Balaban J connectivity index is 1.71. The number of H-pyrrole nitrogens is 1. The summed E-state index contributed by atoms with van der Waals surface area (Å²) in [5.74, 6) is 0.0528. The summed E-state index contributed by atoms with van der Waals surface area (Å²) in [7, 11) is -3.25. The molecule has 1 atom stereocenters. The second kappa shape index (κ2) is 6.48. The molecule has 0 spiro atoms. The molecule has 7 nitrogen and oxygen atoms in total. The van der Waals surface area contributed by atoms with Gasteiger partial charge in [-0.3, -0.25) is 4.72 Å². The maximum absolute atomic E-state index is 11.6. The third kappa shape index (κ3) is 3.65. The zero-order valence-electron chi connectivity index (χ0n) is 13.4.